The van der Waals surface area contributed by atoms with Crippen molar-refractivity contribution in [3.8, 4) is 27.6 Å². The highest BCUT2D eigenvalue weighted by atomic mass is 32.1. The van der Waals surface area contributed by atoms with Crippen LogP contribution in [0.2, 0.25) is 0 Å². The molecule has 30 heavy (non-hydrogen) atoms. The second-order valence-corrected chi connectivity index (χ2v) is 8.48. The summed E-state index contributed by atoms with van der Waals surface area (Å²) >= 11 is 3.03. The minimum absolute atomic E-state index is 0.0980. The molecule has 1 aliphatic rings. The van der Waals surface area contributed by atoms with Gasteiger partial charge in [0.25, 0.3) is 11.8 Å². The Morgan fingerprint density at radius 1 is 1.10 bits per heavy atom. The number of nitrogens with one attached hydrogen (secondary N) is 1. The third-order valence-electron chi connectivity index (χ3n) is 4.64. The summed E-state index contributed by atoms with van der Waals surface area (Å²) in [5, 5.41) is 15.5. The highest BCUT2D eigenvalue weighted by Crippen LogP contribution is 2.40. The molecule has 3 aromatic heterocycles. The lowest BCUT2D eigenvalue weighted by molar-refractivity contribution is -0.135. The van der Waals surface area contributed by atoms with Gasteiger partial charge in [0.05, 0.1) is 5.39 Å². The molecule has 0 saturated carbocycles. The van der Waals surface area contributed by atoms with Crippen molar-refractivity contribution in [2.45, 2.75) is 6.92 Å². The second kappa shape index (κ2) is 7.05. The van der Waals surface area contributed by atoms with Gasteiger partial charge < -0.3 is 5.11 Å². The number of amides is 2. The van der Waals surface area contributed by atoms with Gasteiger partial charge in [-0.25, -0.2) is 9.97 Å². The van der Waals surface area contributed by atoms with Crippen LogP contribution in [0, 0.1) is 0 Å². The van der Waals surface area contributed by atoms with E-state index in [-0.39, 0.29) is 5.75 Å². The molecule has 2 N–H and O–H groups in total. The second-order valence-electron chi connectivity index (χ2n) is 6.67. The first-order chi connectivity index (χ1) is 14.5. The SMILES string of the molecule is CC1=CC(=O)N(Nc2nc(-c3cccc(O)c3)nc3scc(-c4cccs4)c23)C1=O. The summed E-state index contributed by atoms with van der Waals surface area (Å²) in [4.78, 5) is 35.7. The molecule has 0 atom stereocenters. The predicted molar refractivity (Wildman–Crippen MR) is 117 cm³/mol. The van der Waals surface area contributed by atoms with Gasteiger partial charge in [0.15, 0.2) is 11.6 Å². The molecule has 2 amide bonds. The Bertz CT molecular complexity index is 1340. The van der Waals surface area contributed by atoms with Gasteiger partial charge in [-0.1, -0.05) is 18.2 Å². The average Bonchev–Trinajstić information content (AvgIpc) is 3.44. The summed E-state index contributed by atoms with van der Waals surface area (Å²) in [6, 6.07) is 10.6. The van der Waals surface area contributed by atoms with E-state index in [1.54, 1.807) is 42.5 Å². The Hall–Kier alpha value is -3.56. The number of imide groups is 1. The molecule has 0 saturated heterocycles. The maximum absolute atomic E-state index is 12.4. The third kappa shape index (κ3) is 3.04. The number of hydrogen-bond donors (Lipinski definition) is 2. The molecule has 0 unspecified atom stereocenters. The lowest BCUT2D eigenvalue weighted by Gasteiger charge is -2.18. The fourth-order valence-corrected chi connectivity index (χ4v) is 4.97. The maximum Gasteiger partial charge on any atom is 0.275 e. The number of fused-ring (bicyclic) bond motifs is 1. The number of hydrazine groups is 1. The predicted octanol–water partition coefficient (Wildman–Crippen LogP) is 4.43. The number of carbonyl (C=O) groups is 2. The van der Waals surface area contributed by atoms with E-state index in [9.17, 15) is 14.7 Å². The van der Waals surface area contributed by atoms with Crippen LogP contribution in [0.15, 0.2) is 58.8 Å². The molecule has 148 valence electrons. The lowest BCUT2D eigenvalue weighted by Crippen LogP contribution is -2.36. The third-order valence-corrected chi connectivity index (χ3v) is 6.42. The standard InChI is InChI=1S/C21H14N4O3S2/c1-11-8-16(27)25(21(11)28)24-19-17-14(15-6-3-7-29-15)10-30-20(17)23-18(22-19)12-4-2-5-13(26)9-12/h2-10,26H,1H3,(H,22,23,24). The van der Waals surface area contributed by atoms with E-state index in [1.807, 2.05) is 22.9 Å². The summed E-state index contributed by atoms with van der Waals surface area (Å²) in [5.74, 6) is -0.0347. The van der Waals surface area contributed by atoms with Crippen molar-refractivity contribution in [1.82, 2.24) is 15.0 Å². The van der Waals surface area contributed by atoms with Crippen LogP contribution in [-0.4, -0.2) is 31.9 Å². The molecule has 4 aromatic rings. The smallest absolute Gasteiger partial charge is 0.275 e. The van der Waals surface area contributed by atoms with Crippen LogP contribution in [0.25, 0.3) is 32.0 Å². The van der Waals surface area contributed by atoms with Gasteiger partial charge in [0, 0.05) is 33.0 Å². The Morgan fingerprint density at radius 3 is 2.67 bits per heavy atom. The van der Waals surface area contributed by atoms with Crippen molar-refractivity contribution in [2.75, 3.05) is 5.43 Å². The van der Waals surface area contributed by atoms with Gasteiger partial charge in [-0.05, 0) is 30.5 Å². The zero-order valence-corrected chi connectivity index (χ0v) is 17.3. The zero-order chi connectivity index (χ0) is 20.8. The van der Waals surface area contributed by atoms with Crippen LogP contribution in [0.5, 0.6) is 5.75 Å². The number of aromatic nitrogens is 2. The Morgan fingerprint density at radius 2 is 1.97 bits per heavy atom. The van der Waals surface area contributed by atoms with Gasteiger partial charge in [0.1, 0.15) is 10.6 Å². The number of aromatic hydroxyl groups is 1. The summed E-state index contributed by atoms with van der Waals surface area (Å²) in [6.07, 6.45) is 1.29. The topological polar surface area (TPSA) is 95.4 Å². The summed E-state index contributed by atoms with van der Waals surface area (Å²) < 4.78 is 0. The van der Waals surface area contributed by atoms with Crippen LogP contribution in [0.1, 0.15) is 6.92 Å². The van der Waals surface area contributed by atoms with Crippen molar-refractivity contribution >= 4 is 50.5 Å². The van der Waals surface area contributed by atoms with Gasteiger partial charge in [-0.2, -0.15) is 5.01 Å². The number of benzene rings is 1. The Kier molecular flexibility index (Phi) is 4.34. The number of rotatable bonds is 4. The first kappa shape index (κ1) is 18.5. The monoisotopic (exact) mass is 434 g/mol. The fraction of sp³-hybridized carbons (Fsp3) is 0.0476. The van der Waals surface area contributed by atoms with Crippen LogP contribution in [-0.2, 0) is 9.59 Å². The number of carbonyl (C=O) groups excluding carboxylic acids is 2. The molecule has 7 nitrogen and oxygen atoms in total. The molecule has 0 spiro atoms. The molecule has 0 aliphatic carbocycles. The number of nitrogens with zero attached hydrogens (tertiary/aromatic N) is 3. The molecule has 0 fully saturated rings. The van der Waals surface area contributed by atoms with Gasteiger partial charge in [-0.3, -0.25) is 15.0 Å². The van der Waals surface area contributed by atoms with Crippen molar-refractivity contribution in [3.63, 3.8) is 0 Å². The van der Waals surface area contributed by atoms with E-state index in [1.165, 1.54) is 17.4 Å². The molecule has 0 bridgehead atoms. The largest absolute Gasteiger partial charge is 0.508 e. The fourth-order valence-electron chi connectivity index (χ4n) is 3.21. The van der Waals surface area contributed by atoms with E-state index in [0.717, 1.165) is 20.8 Å². The van der Waals surface area contributed by atoms with E-state index < -0.39 is 11.8 Å². The molecule has 1 aliphatic heterocycles. The Balaban J connectivity index is 1.69. The molecule has 0 radical (unpaired) electrons. The number of phenols is 1. The normalized spacial score (nSPS) is 13.9. The van der Waals surface area contributed by atoms with E-state index in [4.69, 9.17) is 0 Å². The number of hydrogen-bond acceptors (Lipinski definition) is 8. The first-order valence-corrected chi connectivity index (χ1v) is 10.7. The van der Waals surface area contributed by atoms with Crippen LogP contribution < -0.4 is 5.43 Å². The van der Waals surface area contributed by atoms with Crippen LogP contribution in [0.3, 0.4) is 0 Å². The van der Waals surface area contributed by atoms with Gasteiger partial charge in [-0.15, -0.1) is 22.7 Å². The molecular formula is C21H14N4O3S2. The first-order valence-electron chi connectivity index (χ1n) is 8.97. The molecule has 9 heteroatoms. The maximum atomic E-state index is 12.4. The van der Waals surface area contributed by atoms with Crippen LogP contribution >= 0.6 is 22.7 Å². The van der Waals surface area contributed by atoms with E-state index in [2.05, 4.69) is 15.4 Å². The van der Waals surface area contributed by atoms with Gasteiger partial charge in [0.2, 0.25) is 0 Å². The molecule has 1 aromatic carbocycles. The highest BCUT2D eigenvalue weighted by Gasteiger charge is 2.30. The van der Waals surface area contributed by atoms with Crippen LogP contribution in [0.4, 0.5) is 5.82 Å². The number of anilines is 1. The number of phenolic OH excluding ortho intramolecular Hbond substituents is 1. The highest BCUT2D eigenvalue weighted by molar-refractivity contribution is 7.18. The lowest BCUT2D eigenvalue weighted by atomic mass is 10.1. The summed E-state index contributed by atoms with van der Waals surface area (Å²) in [6.45, 7) is 1.59. The Labute approximate surface area is 178 Å². The molecule has 5 rings (SSSR count). The van der Waals surface area contributed by atoms with Gasteiger partial charge >= 0.3 is 0 Å². The van der Waals surface area contributed by atoms with E-state index >= 15 is 0 Å². The quantitative estimate of drug-likeness (QED) is 0.461. The molecular weight excluding hydrogens is 420 g/mol. The average molecular weight is 435 g/mol. The summed E-state index contributed by atoms with van der Waals surface area (Å²) in [7, 11) is 0. The van der Waals surface area contributed by atoms with Crippen molar-refractivity contribution in [1.29, 1.82) is 0 Å². The van der Waals surface area contributed by atoms with E-state index in [0.29, 0.717) is 27.6 Å². The minimum Gasteiger partial charge on any atom is -0.508 e. The van der Waals surface area contributed by atoms with Crippen molar-refractivity contribution < 1.29 is 14.7 Å². The minimum atomic E-state index is -0.448. The van der Waals surface area contributed by atoms with Crippen molar-refractivity contribution in [3.05, 3.63) is 58.8 Å². The zero-order valence-electron chi connectivity index (χ0n) is 15.6. The van der Waals surface area contributed by atoms with Crippen molar-refractivity contribution in [2.24, 2.45) is 0 Å². The molecule has 4 heterocycles. The number of thiophene rings is 2. The summed E-state index contributed by atoms with van der Waals surface area (Å²) in [5.41, 5.74) is 4.82.